The first kappa shape index (κ1) is 16.6. The highest BCUT2D eigenvalue weighted by molar-refractivity contribution is 8.93. The second-order valence-electron chi connectivity index (χ2n) is 6.25. The minimum absolute atomic E-state index is 0. The van der Waals surface area contributed by atoms with Gasteiger partial charge in [-0.1, -0.05) is 19.4 Å². The highest BCUT2D eigenvalue weighted by Gasteiger charge is 2.37. The first-order valence-electron chi connectivity index (χ1n) is 8.00. The standard InChI is InChI=1S/C17H25NO2.BrH/c1-2-3-10-18-11-4-5-13-12-7-9-16(19)17(20)14(12)6-8-15(13)18;/h7,9,13,15,19-20H,2-6,8,10-11H2,1H3;1H/t13-,15+;/m1./s1. The summed E-state index contributed by atoms with van der Waals surface area (Å²) in [5, 5.41) is 19.8. The van der Waals surface area contributed by atoms with Crippen LogP contribution in [0.2, 0.25) is 0 Å². The summed E-state index contributed by atoms with van der Waals surface area (Å²) in [4.78, 5) is 2.66. The fraction of sp³-hybridized carbons (Fsp3) is 0.647. The zero-order valence-corrected chi connectivity index (χ0v) is 14.4. The van der Waals surface area contributed by atoms with Gasteiger partial charge in [0.1, 0.15) is 0 Å². The van der Waals surface area contributed by atoms with Crippen LogP contribution in [0, 0.1) is 0 Å². The zero-order valence-electron chi connectivity index (χ0n) is 12.7. The van der Waals surface area contributed by atoms with Gasteiger partial charge < -0.3 is 10.2 Å². The molecule has 0 radical (unpaired) electrons. The van der Waals surface area contributed by atoms with Gasteiger partial charge in [-0.3, -0.25) is 4.90 Å². The Hall–Kier alpha value is -0.740. The highest BCUT2D eigenvalue weighted by Crippen LogP contribution is 2.45. The maximum atomic E-state index is 10.1. The van der Waals surface area contributed by atoms with Gasteiger partial charge in [-0.15, -0.1) is 17.0 Å². The van der Waals surface area contributed by atoms with Crippen LogP contribution in [-0.4, -0.2) is 34.2 Å². The van der Waals surface area contributed by atoms with E-state index in [0.717, 1.165) is 18.4 Å². The maximum Gasteiger partial charge on any atom is 0.160 e. The smallest absolute Gasteiger partial charge is 0.160 e. The van der Waals surface area contributed by atoms with Crippen LogP contribution in [0.4, 0.5) is 0 Å². The first-order valence-corrected chi connectivity index (χ1v) is 8.00. The number of likely N-dealkylation sites (tertiary alicyclic amines) is 1. The molecule has 0 spiro atoms. The van der Waals surface area contributed by atoms with Gasteiger partial charge in [0.25, 0.3) is 0 Å². The molecule has 1 aliphatic heterocycles. The van der Waals surface area contributed by atoms with Crippen LogP contribution < -0.4 is 0 Å². The van der Waals surface area contributed by atoms with E-state index in [1.54, 1.807) is 6.07 Å². The third-order valence-electron chi connectivity index (χ3n) is 5.08. The second-order valence-corrected chi connectivity index (χ2v) is 6.25. The van der Waals surface area contributed by atoms with Crippen LogP contribution in [0.1, 0.15) is 56.1 Å². The molecule has 21 heavy (non-hydrogen) atoms. The van der Waals surface area contributed by atoms with Gasteiger partial charge in [0.05, 0.1) is 0 Å². The Morgan fingerprint density at radius 1 is 1.24 bits per heavy atom. The Kier molecular flexibility index (Phi) is 5.55. The summed E-state index contributed by atoms with van der Waals surface area (Å²) in [6, 6.07) is 4.32. The van der Waals surface area contributed by atoms with Crippen LogP contribution in [0.3, 0.4) is 0 Å². The van der Waals surface area contributed by atoms with Crippen LogP contribution in [0.25, 0.3) is 0 Å². The Morgan fingerprint density at radius 2 is 2.05 bits per heavy atom. The lowest BCUT2D eigenvalue weighted by Gasteiger charge is -2.45. The van der Waals surface area contributed by atoms with Crippen molar-refractivity contribution >= 4 is 17.0 Å². The molecule has 0 bridgehead atoms. The van der Waals surface area contributed by atoms with E-state index in [0.29, 0.717) is 12.0 Å². The summed E-state index contributed by atoms with van der Waals surface area (Å²) in [7, 11) is 0. The summed E-state index contributed by atoms with van der Waals surface area (Å²) in [6.07, 6.45) is 6.98. The van der Waals surface area contributed by atoms with Crippen molar-refractivity contribution in [3.63, 3.8) is 0 Å². The molecule has 118 valence electrons. The number of benzene rings is 1. The molecule has 0 saturated carbocycles. The lowest BCUT2D eigenvalue weighted by molar-refractivity contribution is 0.110. The van der Waals surface area contributed by atoms with Gasteiger partial charge in [-0.25, -0.2) is 0 Å². The van der Waals surface area contributed by atoms with Gasteiger partial charge >= 0.3 is 0 Å². The number of phenols is 2. The average molecular weight is 356 g/mol. The summed E-state index contributed by atoms with van der Waals surface area (Å²) in [5.41, 5.74) is 2.27. The van der Waals surface area contributed by atoms with Gasteiger partial charge in [0.2, 0.25) is 0 Å². The molecule has 2 atom stereocenters. The van der Waals surface area contributed by atoms with Gasteiger partial charge in [-0.05, 0) is 62.7 Å². The fourth-order valence-electron chi connectivity index (χ4n) is 4.05. The molecule has 1 fully saturated rings. The molecule has 1 aliphatic carbocycles. The van der Waals surface area contributed by atoms with E-state index < -0.39 is 0 Å². The average Bonchev–Trinajstić information content (AvgIpc) is 2.48. The summed E-state index contributed by atoms with van der Waals surface area (Å²) < 4.78 is 0. The molecule has 1 aromatic rings. The molecule has 0 amide bonds. The van der Waals surface area contributed by atoms with Crippen LogP contribution in [0.5, 0.6) is 11.5 Å². The number of rotatable bonds is 3. The number of nitrogens with zero attached hydrogens (tertiary/aromatic N) is 1. The maximum absolute atomic E-state index is 10.1. The molecule has 0 unspecified atom stereocenters. The van der Waals surface area contributed by atoms with E-state index in [1.807, 2.05) is 6.07 Å². The molecular formula is C17H26BrNO2. The summed E-state index contributed by atoms with van der Waals surface area (Å²) >= 11 is 0. The van der Waals surface area contributed by atoms with E-state index in [4.69, 9.17) is 0 Å². The van der Waals surface area contributed by atoms with Crippen molar-refractivity contribution in [2.45, 2.75) is 57.4 Å². The largest absolute Gasteiger partial charge is 0.504 e. The molecule has 2 N–H and O–H groups in total. The topological polar surface area (TPSA) is 43.7 Å². The van der Waals surface area contributed by atoms with Crippen molar-refractivity contribution in [2.75, 3.05) is 13.1 Å². The monoisotopic (exact) mass is 355 g/mol. The first-order chi connectivity index (χ1) is 9.72. The molecule has 4 heteroatoms. The van der Waals surface area contributed by atoms with E-state index in [1.165, 1.54) is 44.3 Å². The van der Waals surface area contributed by atoms with Crippen molar-refractivity contribution in [1.82, 2.24) is 4.90 Å². The van der Waals surface area contributed by atoms with Gasteiger partial charge in [-0.2, -0.15) is 0 Å². The minimum Gasteiger partial charge on any atom is -0.504 e. The molecule has 2 aliphatic rings. The number of aromatic hydroxyl groups is 2. The summed E-state index contributed by atoms with van der Waals surface area (Å²) in [6.45, 7) is 4.68. The molecule has 1 saturated heterocycles. The molecule has 3 nitrogen and oxygen atoms in total. The Labute approximate surface area is 137 Å². The number of piperidine rings is 1. The molecule has 0 aromatic heterocycles. The lowest BCUT2D eigenvalue weighted by atomic mass is 9.74. The van der Waals surface area contributed by atoms with Crippen molar-refractivity contribution < 1.29 is 10.2 Å². The number of fused-ring (bicyclic) bond motifs is 3. The third-order valence-corrected chi connectivity index (χ3v) is 5.08. The predicted octanol–water partition coefficient (Wildman–Crippen LogP) is 3.97. The number of unbranched alkanes of at least 4 members (excludes halogenated alkanes) is 1. The number of hydrogen-bond donors (Lipinski definition) is 2. The summed E-state index contributed by atoms with van der Waals surface area (Å²) in [5.74, 6) is 0.684. The van der Waals surface area contributed by atoms with Crippen molar-refractivity contribution in [3.05, 3.63) is 23.3 Å². The highest BCUT2D eigenvalue weighted by atomic mass is 79.9. The molecular weight excluding hydrogens is 330 g/mol. The number of phenolic OH excluding ortho intramolecular Hbond substituents is 2. The van der Waals surface area contributed by atoms with Crippen LogP contribution in [-0.2, 0) is 6.42 Å². The Balaban J connectivity index is 0.00000161. The van der Waals surface area contributed by atoms with E-state index in [9.17, 15) is 10.2 Å². The second kappa shape index (κ2) is 7.01. The van der Waals surface area contributed by atoms with Crippen molar-refractivity contribution in [2.24, 2.45) is 0 Å². The Morgan fingerprint density at radius 3 is 2.81 bits per heavy atom. The Bertz CT molecular complexity index is 492. The minimum atomic E-state index is 0. The zero-order chi connectivity index (χ0) is 14.1. The van der Waals surface area contributed by atoms with E-state index in [-0.39, 0.29) is 28.5 Å². The van der Waals surface area contributed by atoms with Crippen LogP contribution >= 0.6 is 17.0 Å². The van der Waals surface area contributed by atoms with E-state index in [2.05, 4.69) is 11.8 Å². The molecule has 1 aromatic carbocycles. The number of halogens is 1. The number of hydrogen-bond acceptors (Lipinski definition) is 3. The quantitative estimate of drug-likeness (QED) is 0.806. The van der Waals surface area contributed by atoms with E-state index >= 15 is 0 Å². The fourth-order valence-corrected chi connectivity index (χ4v) is 4.05. The SMILES string of the molecule is Br.CCCCN1CCC[C@@H]2c3ccc(O)c(O)c3CC[C@@H]21. The molecule has 3 rings (SSSR count). The third kappa shape index (κ3) is 3.07. The normalized spacial score (nSPS) is 24.8. The van der Waals surface area contributed by atoms with Crippen molar-refractivity contribution in [3.8, 4) is 11.5 Å². The van der Waals surface area contributed by atoms with Gasteiger partial charge in [0.15, 0.2) is 11.5 Å². The molecule has 1 heterocycles. The van der Waals surface area contributed by atoms with Crippen LogP contribution in [0.15, 0.2) is 12.1 Å². The van der Waals surface area contributed by atoms with Crippen molar-refractivity contribution in [1.29, 1.82) is 0 Å². The lowest BCUT2D eigenvalue weighted by Crippen LogP contribution is -2.46. The van der Waals surface area contributed by atoms with Gasteiger partial charge in [0, 0.05) is 11.6 Å². The predicted molar refractivity (Wildman–Crippen MR) is 90.7 cm³/mol.